The van der Waals surface area contributed by atoms with Gasteiger partial charge in [0.15, 0.2) is 0 Å². The summed E-state index contributed by atoms with van der Waals surface area (Å²) in [5.74, 6) is 2.38. The second-order valence-corrected chi connectivity index (χ2v) is 5.43. The van der Waals surface area contributed by atoms with Gasteiger partial charge < -0.3 is 4.90 Å². The van der Waals surface area contributed by atoms with E-state index < -0.39 is 0 Å². The van der Waals surface area contributed by atoms with Crippen molar-refractivity contribution < 1.29 is 4.79 Å². The largest absolute Gasteiger partial charge is 0.367 e. The number of carbonyl (C=O) groups is 1. The number of rotatable bonds is 2. The van der Waals surface area contributed by atoms with E-state index in [9.17, 15) is 4.79 Å². The fourth-order valence-corrected chi connectivity index (χ4v) is 3.17. The second-order valence-electron chi connectivity index (χ2n) is 4.28. The Bertz CT molecular complexity index is 392. The fourth-order valence-electron chi connectivity index (χ4n) is 2.16. The van der Waals surface area contributed by atoms with E-state index in [0.29, 0.717) is 6.04 Å². The molecule has 1 atom stereocenters. The molecule has 1 unspecified atom stereocenters. The van der Waals surface area contributed by atoms with Crippen LogP contribution in [0.4, 0.5) is 5.69 Å². The Morgan fingerprint density at radius 2 is 2.31 bits per heavy atom. The van der Waals surface area contributed by atoms with E-state index in [1.165, 1.54) is 22.8 Å². The number of hydrogen-bond donors (Lipinski definition) is 0. The van der Waals surface area contributed by atoms with E-state index >= 15 is 0 Å². The molecule has 0 radical (unpaired) electrons. The van der Waals surface area contributed by atoms with Crippen LogP contribution in [0.15, 0.2) is 18.2 Å². The summed E-state index contributed by atoms with van der Waals surface area (Å²) in [4.78, 5) is 13.1. The smallest absolute Gasteiger partial charge is 0.150 e. The predicted molar refractivity (Wildman–Crippen MR) is 70.7 cm³/mol. The van der Waals surface area contributed by atoms with Gasteiger partial charge in [0, 0.05) is 35.3 Å². The number of aldehydes is 1. The first-order valence-corrected chi connectivity index (χ1v) is 6.78. The molecule has 0 aliphatic carbocycles. The molecule has 0 bridgehead atoms. The summed E-state index contributed by atoms with van der Waals surface area (Å²) in [6.07, 6.45) is 0.909. The molecule has 16 heavy (non-hydrogen) atoms. The van der Waals surface area contributed by atoms with Crippen molar-refractivity contribution in [1.29, 1.82) is 0 Å². The summed E-state index contributed by atoms with van der Waals surface area (Å²) in [7, 11) is 0. The average Bonchev–Trinajstić information content (AvgIpc) is 2.30. The van der Waals surface area contributed by atoms with Gasteiger partial charge in [-0.15, -0.1) is 0 Å². The fraction of sp³-hybridized carbons (Fsp3) is 0.462. The zero-order valence-electron chi connectivity index (χ0n) is 9.77. The van der Waals surface area contributed by atoms with Crippen molar-refractivity contribution in [2.45, 2.75) is 19.9 Å². The van der Waals surface area contributed by atoms with Crippen LogP contribution in [0.5, 0.6) is 0 Å². The molecule has 2 nitrogen and oxygen atoms in total. The quantitative estimate of drug-likeness (QED) is 0.735. The molecule has 3 heteroatoms. The lowest BCUT2D eigenvalue weighted by atomic mass is 10.1. The van der Waals surface area contributed by atoms with Crippen LogP contribution in [0.3, 0.4) is 0 Å². The molecule has 0 aromatic heterocycles. The third-order valence-corrected chi connectivity index (χ3v) is 4.22. The molecule has 1 saturated heterocycles. The van der Waals surface area contributed by atoms with Gasteiger partial charge in [0.1, 0.15) is 6.29 Å². The topological polar surface area (TPSA) is 20.3 Å². The molecule has 1 aromatic rings. The van der Waals surface area contributed by atoms with Gasteiger partial charge in [0.2, 0.25) is 0 Å². The molecule has 0 saturated carbocycles. The molecule has 0 spiro atoms. The zero-order chi connectivity index (χ0) is 11.5. The van der Waals surface area contributed by atoms with Gasteiger partial charge in [0.25, 0.3) is 0 Å². The Kier molecular flexibility index (Phi) is 3.54. The highest BCUT2D eigenvalue weighted by Gasteiger charge is 2.20. The van der Waals surface area contributed by atoms with Crippen molar-refractivity contribution in [2.75, 3.05) is 23.0 Å². The third kappa shape index (κ3) is 2.24. The van der Waals surface area contributed by atoms with Crippen molar-refractivity contribution >= 4 is 23.7 Å². The van der Waals surface area contributed by atoms with Crippen molar-refractivity contribution in [3.05, 3.63) is 29.3 Å². The highest BCUT2D eigenvalue weighted by atomic mass is 32.2. The van der Waals surface area contributed by atoms with Crippen LogP contribution in [0, 0.1) is 6.92 Å². The summed E-state index contributed by atoms with van der Waals surface area (Å²) >= 11 is 2.02. The van der Waals surface area contributed by atoms with Crippen LogP contribution in [0.25, 0.3) is 0 Å². The highest BCUT2D eigenvalue weighted by molar-refractivity contribution is 7.99. The second kappa shape index (κ2) is 4.91. The molecular weight excluding hydrogens is 218 g/mol. The van der Waals surface area contributed by atoms with Crippen molar-refractivity contribution in [3.8, 4) is 0 Å². The van der Waals surface area contributed by atoms with Crippen LogP contribution in [0.2, 0.25) is 0 Å². The van der Waals surface area contributed by atoms with E-state index in [0.717, 1.165) is 18.4 Å². The molecule has 1 fully saturated rings. The number of hydrogen-bond acceptors (Lipinski definition) is 3. The molecule has 1 aliphatic heterocycles. The Morgan fingerprint density at radius 1 is 1.50 bits per heavy atom. The third-order valence-electron chi connectivity index (χ3n) is 3.03. The molecule has 1 aliphatic rings. The lowest BCUT2D eigenvalue weighted by Gasteiger charge is -2.36. The first kappa shape index (κ1) is 11.5. The summed E-state index contributed by atoms with van der Waals surface area (Å²) in [5, 5.41) is 0. The first-order chi connectivity index (χ1) is 7.72. The number of thioether (sulfide) groups is 1. The van der Waals surface area contributed by atoms with E-state index in [1.807, 2.05) is 23.9 Å². The maximum absolute atomic E-state index is 10.7. The molecule has 1 aromatic carbocycles. The van der Waals surface area contributed by atoms with Crippen LogP contribution >= 0.6 is 11.8 Å². The SMILES string of the molecule is Cc1cc(C=O)ccc1N1CCSCC1C. The van der Waals surface area contributed by atoms with E-state index in [4.69, 9.17) is 0 Å². The maximum Gasteiger partial charge on any atom is 0.150 e. The van der Waals surface area contributed by atoms with Crippen molar-refractivity contribution in [2.24, 2.45) is 0 Å². The summed E-state index contributed by atoms with van der Waals surface area (Å²) in [6, 6.07) is 6.53. The normalized spacial score (nSPS) is 20.9. The number of benzene rings is 1. The molecule has 0 amide bonds. The lowest BCUT2D eigenvalue weighted by Crippen LogP contribution is -2.40. The monoisotopic (exact) mass is 235 g/mol. The van der Waals surface area contributed by atoms with Crippen LogP contribution in [-0.2, 0) is 0 Å². The van der Waals surface area contributed by atoms with Crippen molar-refractivity contribution in [1.82, 2.24) is 0 Å². The standard InChI is InChI=1S/C13H17NOS/c1-10-7-12(8-15)3-4-13(10)14-5-6-16-9-11(14)2/h3-4,7-8,11H,5-6,9H2,1-2H3. The minimum atomic E-state index is 0.583. The first-order valence-electron chi connectivity index (χ1n) is 5.62. The minimum absolute atomic E-state index is 0.583. The molecule has 1 heterocycles. The summed E-state index contributed by atoms with van der Waals surface area (Å²) < 4.78 is 0. The van der Waals surface area contributed by atoms with Gasteiger partial charge >= 0.3 is 0 Å². The van der Waals surface area contributed by atoms with E-state index in [-0.39, 0.29) is 0 Å². The van der Waals surface area contributed by atoms with Crippen molar-refractivity contribution in [3.63, 3.8) is 0 Å². The molecule has 0 N–H and O–H groups in total. The van der Waals surface area contributed by atoms with E-state index in [2.05, 4.69) is 24.8 Å². The van der Waals surface area contributed by atoms with Crippen LogP contribution in [0.1, 0.15) is 22.8 Å². The van der Waals surface area contributed by atoms with Gasteiger partial charge in [-0.1, -0.05) is 0 Å². The molecule has 86 valence electrons. The van der Waals surface area contributed by atoms with Gasteiger partial charge in [-0.25, -0.2) is 0 Å². The summed E-state index contributed by atoms with van der Waals surface area (Å²) in [5.41, 5.74) is 3.24. The highest BCUT2D eigenvalue weighted by Crippen LogP contribution is 2.27. The van der Waals surface area contributed by atoms with Gasteiger partial charge in [-0.2, -0.15) is 11.8 Å². The lowest BCUT2D eigenvalue weighted by molar-refractivity contribution is 0.112. The van der Waals surface area contributed by atoms with Crippen LogP contribution in [-0.4, -0.2) is 30.4 Å². The Balaban J connectivity index is 2.28. The zero-order valence-corrected chi connectivity index (χ0v) is 10.6. The predicted octanol–water partition coefficient (Wildman–Crippen LogP) is 2.75. The van der Waals surface area contributed by atoms with E-state index in [1.54, 1.807) is 0 Å². The number of aryl methyl sites for hydroxylation is 1. The van der Waals surface area contributed by atoms with Gasteiger partial charge in [-0.05, 0) is 37.6 Å². The Morgan fingerprint density at radius 3 is 2.94 bits per heavy atom. The summed E-state index contributed by atoms with van der Waals surface area (Å²) in [6.45, 7) is 5.45. The molecular formula is C13H17NOS. The van der Waals surface area contributed by atoms with Crippen LogP contribution < -0.4 is 4.90 Å². The van der Waals surface area contributed by atoms with Gasteiger partial charge in [-0.3, -0.25) is 4.79 Å². The maximum atomic E-state index is 10.7. The number of nitrogens with zero attached hydrogens (tertiary/aromatic N) is 1. The Hall–Kier alpha value is -0.960. The van der Waals surface area contributed by atoms with Gasteiger partial charge in [0.05, 0.1) is 0 Å². The molecule has 2 rings (SSSR count). The average molecular weight is 235 g/mol. The number of anilines is 1. The Labute approximate surface area is 101 Å². The number of carbonyl (C=O) groups excluding carboxylic acids is 1. The minimum Gasteiger partial charge on any atom is -0.367 e.